The van der Waals surface area contributed by atoms with Crippen LogP contribution in [0.25, 0.3) is 0 Å². The van der Waals surface area contributed by atoms with Gasteiger partial charge in [0.25, 0.3) is 5.91 Å². The van der Waals surface area contributed by atoms with Crippen molar-refractivity contribution in [2.24, 2.45) is 11.7 Å². The van der Waals surface area contributed by atoms with Gasteiger partial charge in [0, 0.05) is 35.9 Å². The number of carbonyl (C=O) groups is 2. The average Bonchev–Trinajstić information content (AvgIpc) is 2.67. The van der Waals surface area contributed by atoms with Crippen molar-refractivity contribution in [3.05, 3.63) is 64.7 Å². The maximum Gasteiger partial charge on any atom is 0.251 e. The van der Waals surface area contributed by atoms with Crippen LogP contribution in [-0.2, 0) is 11.3 Å². The van der Waals surface area contributed by atoms with Crippen LogP contribution in [0.15, 0.2) is 48.5 Å². The highest BCUT2D eigenvalue weighted by Gasteiger charge is 2.24. The van der Waals surface area contributed by atoms with Gasteiger partial charge in [0.05, 0.1) is 5.92 Å². The third-order valence-corrected chi connectivity index (χ3v) is 4.94. The van der Waals surface area contributed by atoms with E-state index in [-0.39, 0.29) is 17.7 Å². The summed E-state index contributed by atoms with van der Waals surface area (Å²) in [5.74, 6) is -0.440. The van der Waals surface area contributed by atoms with E-state index in [2.05, 4.69) is 10.2 Å². The first-order chi connectivity index (χ1) is 12.5. The first-order valence-electron chi connectivity index (χ1n) is 8.70. The number of anilines is 1. The second-order valence-electron chi connectivity index (χ2n) is 6.54. The zero-order valence-electron chi connectivity index (χ0n) is 14.5. The number of nitrogens with zero attached hydrogens (tertiary/aromatic N) is 1. The van der Waals surface area contributed by atoms with Crippen molar-refractivity contribution in [2.45, 2.75) is 19.4 Å². The molecule has 0 bridgehead atoms. The van der Waals surface area contributed by atoms with Crippen molar-refractivity contribution in [1.82, 2.24) is 5.32 Å². The highest BCUT2D eigenvalue weighted by atomic mass is 35.5. The monoisotopic (exact) mass is 371 g/mol. The quantitative estimate of drug-likeness (QED) is 0.848. The molecule has 3 rings (SSSR count). The van der Waals surface area contributed by atoms with Crippen molar-refractivity contribution in [3.8, 4) is 0 Å². The number of amides is 2. The Morgan fingerprint density at radius 1 is 1.12 bits per heavy atom. The van der Waals surface area contributed by atoms with E-state index in [0.717, 1.165) is 30.6 Å². The summed E-state index contributed by atoms with van der Waals surface area (Å²) in [6, 6.07) is 14.8. The third-order valence-electron chi connectivity index (χ3n) is 4.68. The maximum absolute atomic E-state index is 12.1. The van der Waals surface area contributed by atoms with E-state index in [9.17, 15) is 9.59 Å². The smallest absolute Gasteiger partial charge is 0.251 e. The fourth-order valence-electron chi connectivity index (χ4n) is 3.15. The molecule has 1 atom stereocenters. The van der Waals surface area contributed by atoms with E-state index in [0.29, 0.717) is 23.7 Å². The Labute approximate surface area is 158 Å². The van der Waals surface area contributed by atoms with Gasteiger partial charge in [-0.05, 0) is 54.8 Å². The Morgan fingerprint density at radius 3 is 2.46 bits per heavy atom. The summed E-state index contributed by atoms with van der Waals surface area (Å²) in [6.07, 6.45) is 1.83. The molecular formula is C20H22ClN3O2. The van der Waals surface area contributed by atoms with Crippen molar-refractivity contribution in [2.75, 3.05) is 18.0 Å². The highest BCUT2D eigenvalue weighted by Crippen LogP contribution is 2.23. The van der Waals surface area contributed by atoms with Crippen LogP contribution >= 0.6 is 11.6 Å². The lowest BCUT2D eigenvalue weighted by molar-refractivity contribution is -0.122. The molecule has 2 aromatic rings. The molecule has 136 valence electrons. The fraction of sp³-hybridized carbons (Fsp3) is 0.300. The fourth-order valence-corrected chi connectivity index (χ4v) is 3.28. The normalized spacial score (nSPS) is 17.0. The van der Waals surface area contributed by atoms with Crippen molar-refractivity contribution in [1.29, 1.82) is 0 Å². The SMILES string of the molecule is NC(=O)[C@H]1CCCN(c2ccc(CNC(=O)c3ccc(Cl)cc3)cc2)C1. The number of hydrogen-bond acceptors (Lipinski definition) is 3. The number of rotatable bonds is 5. The summed E-state index contributed by atoms with van der Waals surface area (Å²) in [6.45, 7) is 2.05. The number of nitrogens with one attached hydrogen (secondary N) is 1. The van der Waals surface area contributed by atoms with Crippen LogP contribution in [0.3, 0.4) is 0 Å². The second-order valence-corrected chi connectivity index (χ2v) is 6.98. The summed E-state index contributed by atoms with van der Waals surface area (Å²) in [4.78, 5) is 25.7. The predicted octanol–water partition coefficient (Wildman–Crippen LogP) is 2.97. The molecule has 3 N–H and O–H groups in total. The molecular weight excluding hydrogens is 350 g/mol. The van der Waals surface area contributed by atoms with Crippen LogP contribution in [-0.4, -0.2) is 24.9 Å². The lowest BCUT2D eigenvalue weighted by atomic mass is 9.97. The van der Waals surface area contributed by atoms with Crippen LogP contribution in [0.1, 0.15) is 28.8 Å². The number of halogens is 1. The molecule has 0 spiro atoms. The van der Waals surface area contributed by atoms with E-state index < -0.39 is 0 Å². The highest BCUT2D eigenvalue weighted by molar-refractivity contribution is 6.30. The third kappa shape index (κ3) is 4.55. The Kier molecular flexibility index (Phi) is 5.78. The first kappa shape index (κ1) is 18.3. The van der Waals surface area contributed by atoms with Crippen molar-refractivity contribution in [3.63, 3.8) is 0 Å². The zero-order valence-corrected chi connectivity index (χ0v) is 15.2. The summed E-state index contributed by atoms with van der Waals surface area (Å²) < 4.78 is 0. The number of hydrogen-bond donors (Lipinski definition) is 2. The molecule has 2 amide bonds. The Balaban J connectivity index is 1.56. The van der Waals surface area contributed by atoms with Gasteiger partial charge in [-0.1, -0.05) is 23.7 Å². The Bertz CT molecular complexity index is 775. The minimum atomic E-state index is -0.226. The van der Waals surface area contributed by atoms with E-state index in [4.69, 9.17) is 17.3 Å². The molecule has 1 fully saturated rings. The van der Waals surface area contributed by atoms with Crippen molar-refractivity contribution >= 4 is 29.1 Å². The van der Waals surface area contributed by atoms with Gasteiger partial charge in [-0.2, -0.15) is 0 Å². The molecule has 0 saturated carbocycles. The molecule has 0 radical (unpaired) electrons. The molecule has 26 heavy (non-hydrogen) atoms. The number of carbonyl (C=O) groups excluding carboxylic acids is 2. The van der Waals surface area contributed by atoms with Crippen LogP contribution in [0.2, 0.25) is 5.02 Å². The molecule has 5 nitrogen and oxygen atoms in total. The Hall–Kier alpha value is -2.53. The van der Waals surface area contributed by atoms with E-state index in [1.54, 1.807) is 24.3 Å². The predicted molar refractivity (Wildman–Crippen MR) is 103 cm³/mol. The summed E-state index contributed by atoms with van der Waals surface area (Å²) in [5, 5.41) is 3.50. The molecule has 0 aromatic heterocycles. The molecule has 1 aliphatic rings. The second kappa shape index (κ2) is 8.23. The Morgan fingerprint density at radius 2 is 1.81 bits per heavy atom. The van der Waals surface area contributed by atoms with Crippen LogP contribution in [0.4, 0.5) is 5.69 Å². The van der Waals surface area contributed by atoms with Gasteiger partial charge < -0.3 is 16.0 Å². The zero-order chi connectivity index (χ0) is 18.5. The summed E-state index contributed by atoms with van der Waals surface area (Å²) >= 11 is 5.83. The lowest BCUT2D eigenvalue weighted by Gasteiger charge is -2.33. The van der Waals surface area contributed by atoms with E-state index in [1.807, 2.05) is 24.3 Å². The minimum absolute atomic E-state index is 0.0814. The van der Waals surface area contributed by atoms with Gasteiger partial charge in [0.2, 0.25) is 5.91 Å². The van der Waals surface area contributed by atoms with Crippen LogP contribution in [0.5, 0.6) is 0 Å². The summed E-state index contributed by atoms with van der Waals surface area (Å²) in [5.41, 5.74) is 8.11. The molecule has 1 aliphatic heterocycles. The number of primary amides is 1. The van der Waals surface area contributed by atoms with Gasteiger partial charge >= 0.3 is 0 Å². The average molecular weight is 372 g/mol. The summed E-state index contributed by atoms with van der Waals surface area (Å²) in [7, 11) is 0. The molecule has 0 aliphatic carbocycles. The first-order valence-corrected chi connectivity index (χ1v) is 9.07. The van der Waals surface area contributed by atoms with E-state index in [1.165, 1.54) is 0 Å². The minimum Gasteiger partial charge on any atom is -0.371 e. The van der Waals surface area contributed by atoms with Gasteiger partial charge in [-0.15, -0.1) is 0 Å². The standard InChI is InChI=1S/C20H22ClN3O2/c21-17-7-5-15(6-8-17)20(26)23-12-14-3-9-18(10-4-14)24-11-1-2-16(13-24)19(22)25/h3-10,16H,1-2,11-13H2,(H2,22,25)(H,23,26)/t16-/m0/s1. The molecule has 1 heterocycles. The topological polar surface area (TPSA) is 75.4 Å². The number of piperidine rings is 1. The molecule has 6 heteroatoms. The van der Waals surface area contributed by atoms with Crippen LogP contribution in [0, 0.1) is 5.92 Å². The van der Waals surface area contributed by atoms with Gasteiger partial charge in [-0.3, -0.25) is 9.59 Å². The largest absolute Gasteiger partial charge is 0.371 e. The number of benzene rings is 2. The maximum atomic E-state index is 12.1. The van der Waals surface area contributed by atoms with Gasteiger partial charge in [0.1, 0.15) is 0 Å². The van der Waals surface area contributed by atoms with Gasteiger partial charge in [0.15, 0.2) is 0 Å². The van der Waals surface area contributed by atoms with Crippen molar-refractivity contribution < 1.29 is 9.59 Å². The molecule has 1 saturated heterocycles. The van der Waals surface area contributed by atoms with E-state index >= 15 is 0 Å². The lowest BCUT2D eigenvalue weighted by Crippen LogP contribution is -2.41. The molecule has 0 unspecified atom stereocenters. The number of nitrogens with two attached hydrogens (primary N) is 1. The van der Waals surface area contributed by atoms with Crippen LogP contribution < -0.4 is 16.0 Å². The van der Waals surface area contributed by atoms with Gasteiger partial charge in [-0.25, -0.2) is 0 Å². The molecule has 2 aromatic carbocycles.